The van der Waals surface area contributed by atoms with Crippen LogP contribution in [-0.4, -0.2) is 42.0 Å². The number of halogens is 2. The van der Waals surface area contributed by atoms with Crippen LogP contribution >= 0.6 is 23.2 Å². The number of amides is 1. The summed E-state index contributed by atoms with van der Waals surface area (Å²) in [4.78, 5) is 39.6. The molecule has 0 aliphatic carbocycles. The third-order valence-electron chi connectivity index (χ3n) is 5.64. The van der Waals surface area contributed by atoms with Crippen molar-refractivity contribution in [3.8, 4) is 11.5 Å². The molecule has 1 aromatic heterocycles. The van der Waals surface area contributed by atoms with Crippen molar-refractivity contribution < 1.29 is 19.0 Å². The molecule has 1 N–H and O–H groups in total. The number of aromatic nitrogens is 2. The highest BCUT2D eigenvalue weighted by Crippen LogP contribution is 2.31. The van der Waals surface area contributed by atoms with E-state index in [1.165, 1.54) is 37.0 Å². The highest BCUT2D eigenvalue weighted by Gasteiger charge is 2.23. The van der Waals surface area contributed by atoms with Crippen molar-refractivity contribution in [3.05, 3.63) is 61.2 Å². The number of nitrogens with one attached hydrogen (secondary N) is 1. The van der Waals surface area contributed by atoms with Crippen LogP contribution in [0.3, 0.4) is 0 Å². The third kappa shape index (κ3) is 4.77. The lowest BCUT2D eigenvalue weighted by molar-refractivity contribution is -0.116. The second-order valence-corrected chi connectivity index (χ2v) is 8.66. The molecule has 2 aromatic carbocycles. The minimum Gasteiger partial charge on any atom is -0.493 e. The summed E-state index contributed by atoms with van der Waals surface area (Å²) in [5.41, 5.74) is -0.578. The van der Waals surface area contributed by atoms with Gasteiger partial charge in [-0.05, 0) is 37.1 Å². The Morgan fingerprint density at radius 1 is 1.12 bits per heavy atom. The Hall–Kier alpha value is -3.01. The van der Waals surface area contributed by atoms with Gasteiger partial charge in [-0.2, -0.15) is 0 Å². The van der Waals surface area contributed by atoms with Gasteiger partial charge in [-0.15, -0.1) is 0 Å². The second-order valence-electron chi connectivity index (χ2n) is 7.82. The van der Waals surface area contributed by atoms with Gasteiger partial charge in [0.25, 0.3) is 5.56 Å². The summed E-state index contributed by atoms with van der Waals surface area (Å²) in [6.07, 6.45) is 1.34. The molecule has 34 heavy (non-hydrogen) atoms. The van der Waals surface area contributed by atoms with Crippen molar-refractivity contribution in [2.24, 2.45) is 0 Å². The average molecular weight is 508 g/mol. The van der Waals surface area contributed by atoms with Crippen LogP contribution in [0.15, 0.2) is 39.9 Å². The predicted octanol–water partition coefficient (Wildman–Crippen LogP) is 3.30. The smallest absolute Gasteiger partial charge is 0.332 e. The normalized spacial score (nSPS) is 15.5. The standard InChI is InChI=1S/C23H23Cl2N3O6/c1-32-19-9-15-18(10-20(19)33-2)27(12-21(29)26-17-8-13(24)5-6-16(17)25)23(31)28(22(15)30)11-14-4-3-7-34-14/h5-6,8-10,14H,3-4,7,11-12H2,1-2H3,(H,26,29)/t14-/m1/s1. The van der Waals surface area contributed by atoms with E-state index in [2.05, 4.69) is 5.32 Å². The first-order chi connectivity index (χ1) is 16.3. The number of carbonyl (C=O) groups is 1. The Labute approximate surface area is 204 Å². The fourth-order valence-electron chi connectivity index (χ4n) is 3.98. The van der Waals surface area contributed by atoms with Gasteiger partial charge in [-0.25, -0.2) is 4.79 Å². The number of hydrogen-bond donors (Lipinski definition) is 1. The lowest BCUT2D eigenvalue weighted by Crippen LogP contribution is -2.43. The Balaban J connectivity index is 1.82. The van der Waals surface area contributed by atoms with Crippen molar-refractivity contribution >= 4 is 45.7 Å². The molecule has 0 saturated carbocycles. The molecule has 0 unspecified atom stereocenters. The lowest BCUT2D eigenvalue weighted by Gasteiger charge is -2.18. The van der Waals surface area contributed by atoms with Gasteiger partial charge in [-0.1, -0.05) is 23.2 Å². The molecule has 1 saturated heterocycles. The van der Waals surface area contributed by atoms with E-state index in [0.717, 1.165) is 17.4 Å². The number of rotatable bonds is 7. The summed E-state index contributed by atoms with van der Waals surface area (Å²) in [6, 6.07) is 7.67. The third-order valence-corrected chi connectivity index (χ3v) is 6.21. The number of benzene rings is 2. The van der Waals surface area contributed by atoms with E-state index >= 15 is 0 Å². The van der Waals surface area contributed by atoms with E-state index in [0.29, 0.717) is 33.8 Å². The van der Waals surface area contributed by atoms with Crippen LogP contribution in [0, 0.1) is 0 Å². The Bertz CT molecular complexity index is 1360. The number of anilines is 1. The van der Waals surface area contributed by atoms with Crippen LogP contribution in [0.5, 0.6) is 11.5 Å². The summed E-state index contributed by atoms with van der Waals surface area (Å²) >= 11 is 12.2. The number of ether oxygens (including phenoxy) is 3. The number of methoxy groups -OCH3 is 2. The van der Waals surface area contributed by atoms with Gasteiger partial charge in [0, 0.05) is 17.7 Å². The van der Waals surface area contributed by atoms with Crippen LogP contribution in [0.4, 0.5) is 5.69 Å². The van der Waals surface area contributed by atoms with Crippen LogP contribution < -0.4 is 26.0 Å². The van der Waals surface area contributed by atoms with Gasteiger partial charge >= 0.3 is 5.69 Å². The molecule has 1 amide bonds. The summed E-state index contributed by atoms with van der Waals surface area (Å²) in [6.45, 7) is 0.290. The number of nitrogens with zero attached hydrogens (tertiary/aromatic N) is 2. The first-order valence-electron chi connectivity index (χ1n) is 10.6. The molecule has 0 radical (unpaired) electrons. The van der Waals surface area contributed by atoms with Crippen LogP contribution in [0.2, 0.25) is 10.0 Å². The van der Waals surface area contributed by atoms with Gasteiger partial charge in [0.2, 0.25) is 5.91 Å². The molecule has 4 rings (SSSR count). The number of carbonyl (C=O) groups excluding carboxylic acids is 1. The maximum absolute atomic E-state index is 13.4. The van der Waals surface area contributed by atoms with Gasteiger partial charge in [0.15, 0.2) is 11.5 Å². The van der Waals surface area contributed by atoms with Crippen molar-refractivity contribution in [3.63, 3.8) is 0 Å². The zero-order valence-corrected chi connectivity index (χ0v) is 20.1. The van der Waals surface area contributed by atoms with Crippen LogP contribution in [-0.2, 0) is 22.6 Å². The lowest BCUT2D eigenvalue weighted by atomic mass is 10.2. The molecule has 1 aliphatic rings. The molecule has 2 heterocycles. The molecule has 3 aromatic rings. The van der Waals surface area contributed by atoms with Crippen molar-refractivity contribution in [2.45, 2.75) is 32.0 Å². The quantitative estimate of drug-likeness (QED) is 0.526. The predicted molar refractivity (Wildman–Crippen MR) is 130 cm³/mol. The molecule has 180 valence electrons. The summed E-state index contributed by atoms with van der Waals surface area (Å²) in [5.74, 6) is 0.124. The number of hydrogen-bond acceptors (Lipinski definition) is 6. The van der Waals surface area contributed by atoms with Gasteiger partial charge in [-0.3, -0.25) is 18.7 Å². The second kappa shape index (κ2) is 10.1. The highest BCUT2D eigenvalue weighted by atomic mass is 35.5. The van der Waals surface area contributed by atoms with Crippen molar-refractivity contribution in [1.82, 2.24) is 9.13 Å². The van der Waals surface area contributed by atoms with Gasteiger partial charge in [0.1, 0.15) is 6.54 Å². The molecule has 0 bridgehead atoms. The zero-order valence-electron chi connectivity index (χ0n) is 18.6. The summed E-state index contributed by atoms with van der Waals surface area (Å²) < 4.78 is 18.6. The molecule has 9 nitrogen and oxygen atoms in total. The van der Waals surface area contributed by atoms with E-state index in [4.69, 9.17) is 37.4 Å². The Morgan fingerprint density at radius 2 is 1.85 bits per heavy atom. The Morgan fingerprint density at radius 3 is 2.53 bits per heavy atom. The molecule has 1 fully saturated rings. The summed E-state index contributed by atoms with van der Waals surface area (Å²) in [7, 11) is 2.89. The molecule has 0 spiro atoms. The summed E-state index contributed by atoms with van der Waals surface area (Å²) in [5, 5.41) is 3.57. The van der Waals surface area contributed by atoms with E-state index in [1.54, 1.807) is 12.1 Å². The van der Waals surface area contributed by atoms with Gasteiger partial charge in [0.05, 0.1) is 48.5 Å². The number of fused-ring (bicyclic) bond motifs is 1. The van der Waals surface area contributed by atoms with Crippen molar-refractivity contribution in [2.75, 3.05) is 26.1 Å². The fraction of sp³-hybridized carbons (Fsp3) is 0.348. The van der Waals surface area contributed by atoms with E-state index < -0.39 is 17.2 Å². The molecular weight excluding hydrogens is 485 g/mol. The SMILES string of the molecule is COc1cc2c(=O)n(C[C@H]3CCCO3)c(=O)n(CC(=O)Nc3cc(Cl)ccc3Cl)c2cc1OC. The topological polar surface area (TPSA) is 101 Å². The van der Waals surface area contributed by atoms with E-state index in [1.807, 2.05) is 0 Å². The average Bonchev–Trinajstić information content (AvgIpc) is 3.34. The minimum atomic E-state index is -0.632. The van der Waals surface area contributed by atoms with Crippen LogP contribution in [0.1, 0.15) is 12.8 Å². The zero-order chi connectivity index (χ0) is 24.4. The maximum Gasteiger partial charge on any atom is 0.332 e. The molecule has 11 heteroatoms. The van der Waals surface area contributed by atoms with Gasteiger partial charge < -0.3 is 19.5 Å². The van der Waals surface area contributed by atoms with Crippen LogP contribution in [0.25, 0.3) is 10.9 Å². The molecule has 1 aliphatic heterocycles. The van der Waals surface area contributed by atoms with E-state index in [-0.39, 0.29) is 30.1 Å². The Kier molecular flexibility index (Phi) is 7.16. The maximum atomic E-state index is 13.4. The fourth-order valence-corrected chi connectivity index (χ4v) is 4.31. The minimum absolute atomic E-state index is 0.0870. The van der Waals surface area contributed by atoms with Crippen molar-refractivity contribution in [1.29, 1.82) is 0 Å². The first-order valence-corrected chi connectivity index (χ1v) is 11.3. The molecule has 1 atom stereocenters. The van der Waals surface area contributed by atoms with E-state index in [9.17, 15) is 14.4 Å². The highest BCUT2D eigenvalue weighted by molar-refractivity contribution is 6.35. The molecular formula is C23H23Cl2N3O6. The monoisotopic (exact) mass is 507 g/mol. The first kappa shape index (κ1) is 24.1. The largest absolute Gasteiger partial charge is 0.493 e.